The van der Waals surface area contributed by atoms with E-state index in [2.05, 4.69) is 29.0 Å². The molecule has 6 heteroatoms. The minimum atomic E-state index is -0.221. The van der Waals surface area contributed by atoms with E-state index in [0.717, 1.165) is 6.42 Å². The molecule has 2 rings (SSSR count). The Morgan fingerprint density at radius 2 is 2.29 bits per heavy atom. The number of imidazole rings is 1. The van der Waals surface area contributed by atoms with E-state index in [1.165, 1.54) is 0 Å². The average molecular weight is 235 g/mol. The first-order chi connectivity index (χ1) is 8.13. The van der Waals surface area contributed by atoms with E-state index < -0.39 is 0 Å². The molecule has 0 unspecified atom stereocenters. The summed E-state index contributed by atoms with van der Waals surface area (Å²) in [6, 6.07) is -0.221. The Morgan fingerprint density at radius 1 is 1.53 bits per heavy atom. The Morgan fingerprint density at radius 3 is 2.88 bits per heavy atom. The molecule has 0 aliphatic heterocycles. The van der Waals surface area contributed by atoms with E-state index >= 15 is 0 Å². The standard InChI is InChI=1S/C11H17N5O/c1-4-7(2)8(12)11-14-9(15-17-11)10-13-5-6-16(10)3/h5-8H,4,12H2,1-3H3/t7-,8-/m0/s1. The van der Waals surface area contributed by atoms with Gasteiger partial charge in [-0.05, 0) is 5.92 Å². The van der Waals surface area contributed by atoms with E-state index in [1.54, 1.807) is 6.20 Å². The molecular formula is C11H17N5O. The fourth-order valence-corrected chi connectivity index (χ4v) is 1.54. The molecule has 2 atom stereocenters. The summed E-state index contributed by atoms with van der Waals surface area (Å²) in [5.41, 5.74) is 6.03. The second-order valence-corrected chi connectivity index (χ2v) is 4.23. The topological polar surface area (TPSA) is 82.8 Å². The van der Waals surface area contributed by atoms with Gasteiger partial charge < -0.3 is 14.8 Å². The van der Waals surface area contributed by atoms with Crippen LogP contribution in [0.4, 0.5) is 0 Å². The predicted molar refractivity (Wildman–Crippen MR) is 62.9 cm³/mol. The quantitative estimate of drug-likeness (QED) is 0.868. The number of rotatable bonds is 4. The van der Waals surface area contributed by atoms with Crippen molar-refractivity contribution in [3.8, 4) is 11.6 Å². The summed E-state index contributed by atoms with van der Waals surface area (Å²) in [6.45, 7) is 4.15. The highest BCUT2D eigenvalue weighted by molar-refractivity contribution is 5.42. The van der Waals surface area contributed by atoms with Gasteiger partial charge in [0, 0.05) is 19.4 Å². The molecule has 0 amide bonds. The molecule has 0 saturated heterocycles. The van der Waals surface area contributed by atoms with Crippen LogP contribution in [0.3, 0.4) is 0 Å². The molecule has 2 heterocycles. The number of hydrogen-bond donors (Lipinski definition) is 1. The van der Waals surface area contributed by atoms with Gasteiger partial charge in [0.1, 0.15) is 0 Å². The third-order valence-corrected chi connectivity index (χ3v) is 3.01. The fourth-order valence-electron chi connectivity index (χ4n) is 1.54. The summed E-state index contributed by atoms with van der Waals surface area (Å²) < 4.78 is 7.03. The lowest BCUT2D eigenvalue weighted by Gasteiger charge is -2.12. The second-order valence-electron chi connectivity index (χ2n) is 4.23. The minimum Gasteiger partial charge on any atom is -0.337 e. The number of hydrogen-bond acceptors (Lipinski definition) is 5. The molecule has 6 nitrogen and oxygen atoms in total. The molecular weight excluding hydrogens is 218 g/mol. The molecule has 2 aromatic rings. The summed E-state index contributed by atoms with van der Waals surface area (Å²) in [6.07, 6.45) is 4.50. The van der Waals surface area contributed by atoms with Crippen LogP contribution in [0.1, 0.15) is 32.2 Å². The lowest BCUT2D eigenvalue weighted by atomic mass is 10.0. The fraction of sp³-hybridized carbons (Fsp3) is 0.545. The molecule has 0 aliphatic rings. The third-order valence-electron chi connectivity index (χ3n) is 3.01. The Balaban J connectivity index is 2.25. The number of aromatic nitrogens is 4. The zero-order valence-corrected chi connectivity index (χ0v) is 10.3. The van der Waals surface area contributed by atoms with Crippen LogP contribution in [0.5, 0.6) is 0 Å². The van der Waals surface area contributed by atoms with E-state index in [4.69, 9.17) is 10.3 Å². The number of nitrogens with zero attached hydrogens (tertiary/aromatic N) is 4. The van der Waals surface area contributed by atoms with Gasteiger partial charge in [-0.3, -0.25) is 0 Å². The summed E-state index contributed by atoms with van der Waals surface area (Å²) in [5.74, 6) is 1.93. The van der Waals surface area contributed by atoms with E-state index in [0.29, 0.717) is 23.5 Å². The van der Waals surface area contributed by atoms with Crippen LogP contribution in [0.25, 0.3) is 11.6 Å². The maximum Gasteiger partial charge on any atom is 0.244 e. The molecule has 0 fully saturated rings. The van der Waals surface area contributed by atoms with Crippen molar-refractivity contribution in [2.75, 3.05) is 0 Å². The molecule has 0 saturated carbocycles. The minimum absolute atomic E-state index is 0.221. The van der Waals surface area contributed by atoms with Crippen LogP contribution in [0, 0.1) is 5.92 Å². The van der Waals surface area contributed by atoms with Crippen molar-refractivity contribution < 1.29 is 4.52 Å². The Bertz CT molecular complexity index is 490. The van der Waals surface area contributed by atoms with Crippen molar-refractivity contribution in [3.05, 3.63) is 18.3 Å². The van der Waals surface area contributed by atoms with Crippen molar-refractivity contribution in [1.82, 2.24) is 19.7 Å². The normalized spacial score (nSPS) is 14.8. The second kappa shape index (κ2) is 4.67. The van der Waals surface area contributed by atoms with Crippen LogP contribution in [-0.4, -0.2) is 19.7 Å². The maximum atomic E-state index is 6.03. The lowest BCUT2D eigenvalue weighted by molar-refractivity contribution is 0.312. The molecule has 0 spiro atoms. The van der Waals surface area contributed by atoms with Gasteiger partial charge in [-0.1, -0.05) is 25.4 Å². The van der Waals surface area contributed by atoms with Crippen molar-refractivity contribution in [3.63, 3.8) is 0 Å². The number of aryl methyl sites for hydroxylation is 1. The van der Waals surface area contributed by atoms with Crippen LogP contribution in [-0.2, 0) is 7.05 Å². The van der Waals surface area contributed by atoms with E-state index in [9.17, 15) is 0 Å². The molecule has 0 aliphatic carbocycles. The highest BCUT2D eigenvalue weighted by atomic mass is 16.5. The molecule has 17 heavy (non-hydrogen) atoms. The van der Waals surface area contributed by atoms with Crippen LogP contribution in [0.2, 0.25) is 0 Å². The summed E-state index contributed by atoms with van der Waals surface area (Å²) >= 11 is 0. The average Bonchev–Trinajstić information content (AvgIpc) is 2.95. The highest BCUT2D eigenvalue weighted by Crippen LogP contribution is 2.22. The van der Waals surface area contributed by atoms with Gasteiger partial charge in [-0.15, -0.1) is 0 Å². The highest BCUT2D eigenvalue weighted by Gasteiger charge is 2.21. The van der Waals surface area contributed by atoms with Crippen LogP contribution in [0.15, 0.2) is 16.9 Å². The van der Waals surface area contributed by atoms with Gasteiger partial charge in [-0.2, -0.15) is 4.98 Å². The maximum absolute atomic E-state index is 6.03. The van der Waals surface area contributed by atoms with Crippen LogP contribution >= 0.6 is 0 Å². The Labute approximate surface area is 99.8 Å². The molecule has 92 valence electrons. The summed E-state index contributed by atoms with van der Waals surface area (Å²) in [5, 5.41) is 3.91. The molecule has 0 aromatic carbocycles. The third kappa shape index (κ3) is 2.21. The van der Waals surface area contributed by atoms with Crippen molar-refractivity contribution in [1.29, 1.82) is 0 Å². The summed E-state index contributed by atoms with van der Waals surface area (Å²) in [7, 11) is 1.88. The zero-order valence-electron chi connectivity index (χ0n) is 10.3. The van der Waals surface area contributed by atoms with Crippen molar-refractivity contribution in [2.45, 2.75) is 26.3 Å². The zero-order chi connectivity index (χ0) is 12.4. The number of nitrogens with two attached hydrogens (primary N) is 1. The first kappa shape index (κ1) is 11.8. The summed E-state index contributed by atoms with van der Waals surface area (Å²) in [4.78, 5) is 8.46. The predicted octanol–water partition coefficient (Wildman–Crippen LogP) is 1.52. The largest absolute Gasteiger partial charge is 0.337 e. The van der Waals surface area contributed by atoms with Gasteiger partial charge in [0.15, 0.2) is 5.82 Å². The van der Waals surface area contributed by atoms with Crippen molar-refractivity contribution in [2.24, 2.45) is 18.7 Å². The lowest BCUT2D eigenvalue weighted by Crippen LogP contribution is -2.18. The molecule has 2 N–H and O–H groups in total. The Hall–Kier alpha value is -1.69. The van der Waals surface area contributed by atoms with Gasteiger partial charge in [0.2, 0.25) is 11.7 Å². The first-order valence-corrected chi connectivity index (χ1v) is 5.70. The van der Waals surface area contributed by atoms with E-state index in [1.807, 2.05) is 17.8 Å². The first-order valence-electron chi connectivity index (χ1n) is 5.70. The SMILES string of the molecule is CC[C@H](C)[C@H](N)c1nc(-c2nccn2C)no1. The van der Waals surface area contributed by atoms with Crippen LogP contribution < -0.4 is 5.73 Å². The van der Waals surface area contributed by atoms with Gasteiger partial charge in [-0.25, -0.2) is 4.98 Å². The monoisotopic (exact) mass is 235 g/mol. The van der Waals surface area contributed by atoms with Gasteiger partial charge in [0.25, 0.3) is 0 Å². The van der Waals surface area contributed by atoms with Gasteiger partial charge in [0.05, 0.1) is 6.04 Å². The molecule has 2 aromatic heterocycles. The van der Waals surface area contributed by atoms with Crippen molar-refractivity contribution >= 4 is 0 Å². The van der Waals surface area contributed by atoms with E-state index in [-0.39, 0.29) is 6.04 Å². The smallest absolute Gasteiger partial charge is 0.244 e. The Kier molecular flexibility index (Phi) is 3.23. The molecule has 0 bridgehead atoms. The van der Waals surface area contributed by atoms with Gasteiger partial charge >= 0.3 is 0 Å². The molecule has 0 radical (unpaired) electrons.